The number of nitrogens with one attached hydrogen (secondary N) is 1. The number of hydrogen-bond donors (Lipinski definition) is 3. The van der Waals surface area contributed by atoms with Gasteiger partial charge in [-0.1, -0.05) is 38.3 Å². The molecule has 1 saturated carbocycles. The van der Waals surface area contributed by atoms with E-state index in [2.05, 4.69) is 24.4 Å². The Morgan fingerprint density at radius 3 is 2.94 bits per heavy atom. The van der Waals surface area contributed by atoms with Gasteiger partial charge in [-0.15, -0.1) is 0 Å². The van der Waals surface area contributed by atoms with E-state index in [0.29, 0.717) is 6.04 Å². The van der Waals surface area contributed by atoms with Gasteiger partial charge in [0.25, 0.3) is 0 Å². The molecule has 1 aliphatic heterocycles. The highest BCUT2D eigenvalue weighted by molar-refractivity contribution is 5.18. The molecule has 2 aliphatic rings. The second-order valence-electron chi connectivity index (χ2n) is 5.92. The molecule has 1 heterocycles. The van der Waals surface area contributed by atoms with Crippen LogP contribution in [-0.2, 0) is 0 Å². The number of aliphatic hydroxyl groups excluding tert-OH is 2. The first-order valence-corrected chi connectivity index (χ1v) is 7.49. The van der Waals surface area contributed by atoms with Crippen molar-refractivity contribution in [2.24, 2.45) is 0 Å². The normalized spacial score (nSPS) is 40.3. The quantitative estimate of drug-likeness (QED) is 0.531. The Morgan fingerprint density at radius 2 is 2.17 bits per heavy atom. The van der Waals surface area contributed by atoms with Gasteiger partial charge in [0.1, 0.15) is 6.10 Å². The van der Waals surface area contributed by atoms with Crippen molar-refractivity contribution < 1.29 is 10.2 Å². The van der Waals surface area contributed by atoms with Gasteiger partial charge in [0, 0.05) is 6.04 Å². The maximum Gasteiger partial charge on any atom is 0.102 e. The van der Waals surface area contributed by atoms with Crippen LogP contribution in [0.4, 0.5) is 0 Å². The number of aliphatic hydroxyl groups is 2. The average Bonchev–Trinajstić information content (AvgIpc) is 2.37. The van der Waals surface area contributed by atoms with Crippen LogP contribution in [0.15, 0.2) is 12.2 Å². The topological polar surface area (TPSA) is 52.5 Å². The smallest absolute Gasteiger partial charge is 0.102 e. The van der Waals surface area contributed by atoms with Gasteiger partial charge in [-0.25, -0.2) is 0 Å². The molecule has 0 aromatic carbocycles. The zero-order valence-electron chi connectivity index (χ0n) is 11.4. The van der Waals surface area contributed by atoms with Crippen molar-refractivity contribution in [3.05, 3.63) is 12.2 Å². The van der Waals surface area contributed by atoms with Gasteiger partial charge in [-0.05, 0) is 32.1 Å². The average molecular weight is 253 g/mol. The summed E-state index contributed by atoms with van der Waals surface area (Å²) in [6.07, 6.45) is 11.7. The largest absolute Gasteiger partial charge is 0.390 e. The maximum atomic E-state index is 10.3. The summed E-state index contributed by atoms with van der Waals surface area (Å²) in [4.78, 5) is 0. The van der Waals surface area contributed by atoms with E-state index < -0.39 is 12.2 Å². The van der Waals surface area contributed by atoms with Gasteiger partial charge in [0.05, 0.1) is 11.6 Å². The van der Waals surface area contributed by atoms with Crippen LogP contribution in [0.2, 0.25) is 0 Å². The second-order valence-corrected chi connectivity index (χ2v) is 5.92. The first-order chi connectivity index (χ1) is 8.68. The van der Waals surface area contributed by atoms with Crippen LogP contribution in [-0.4, -0.2) is 34.0 Å². The lowest BCUT2D eigenvalue weighted by molar-refractivity contribution is -0.0589. The number of hydrogen-bond acceptors (Lipinski definition) is 3. The zero-order valence-corrected chi connectivity index (χ0v) is 11.4. The van der Waals surface area contributed by atoms with E-state index in [9.17, 15) is 10.2 Å². The fourth-order valence-corrected chi connectivity index (χ4v) is 3.35. The molecule has 0 amide bonds. The summed E-state index contributed by atoms with van der Waals surface area (Å²) in [5.74, 6) is 0. The summed E-state index contributed by atoms with van der Waals surface area (Å²) in [5.41, 5.74) is -0.368. The molecule has 0 saturated heterocycles. The Balaban J connectivity index is 1.96. The van der Waals surface area contributed by atoms with Gasteiger partial charge in [-0.2, -0.15) is 0 Å². The minimum absolute atomic E-state index is 0.368. The van der Waals surface area contributed by atoms with Crippen LogP contribution in [0.5, 0.6) is 0 Å². The standard InChI is InChI=1S/C15H27NO2/c1-2-3-4-7-12-8-5-10-15(16-12)11-6-9-13(17)14(15)18/h5,10,12-14,16-18H,2-4,6-9,11H2,1H3/t12-,13+,14+,15-/m1/s1. The molecule has 0 aromatic rings. The lowest BCUT2D eigenvalue weighted by Gasteiger charge is -2.46. The van der Waals surface area contributed by atoms with E-state index in [4.69, 9.17) is 0 Å². The van der Waals surface area contributed by atoms with Crippen molar-refractivity contribution >= 4 is 0 Å². The predicted molar refractivity (Wildman–Crippen MR) is 73.4 cm³/mol. The van der Waals surface area contributed by atoms with Crippen LogP contribution < -0.4 is 5.32 Å². The van der Waals surface area contributed by atoms with Crippen molar-refractivity contribution in [2.45, 2.75) is 82.1 Å². The Bertz CT molecular complexity index is 292. The first-order valence-electron chi connectivity index (χ1n) is 7.49. The minimum atomic E-state index is -0.656. The maximum absolute atomic E-state index is 10.3. The monoisotopic (exact) mass is 253 g/mol. The van der Waals surface area contributed by atoms with Crippen molar-refractivity contribution in [2.75, 3.05) is 0 Å². The van der Waals surface area contributed by atoms with Crippen LogP contribution in [0.25, 0.3) is 0 Å². The molecule has 2 rings (SSSR count). The highest BCUT2D eigenvalue weighted by Crippen LogP contribution is 2.33. The number of rotatable bonds is 4. The lowest BCUT2D eigenvalue weighted by Crippen LogP contribution is -2.63. The van der Waals surface area contributed by atoms with E-state index in [1.54, 1.807) is 0 Å². The highest BCUT2D eigenvalue weighted by atomic mass is 16.3. The second kappa shape index (κ2) is 6.18. The summed E-state index contributed by atoms with van der Waals surface area (Å²) >= 11 is 0. The third kappa shape index (κ3) is 2.95. The van der Waals surface area contributed by atoms with Crippen LogP contribution in [0, 0.1) is 0 Å². The third-order valence-electron chi connectivity index (χ3n) is 4.45. The SMILES string of the molecule is CCCCC[C@@H]1CC=C[C@]2(CCC[C@H](O)[C@@H]2O)N1. The van der Waals surface area contributed by atoms with Crippen molar-refractivity contribution in [1.82, 2.24) is 5.32 Å². The molecule has 0 unspecified atom stereocenters. The fraction of sp³-hybridized carbons (Fsp3) is 0.867. The molecule has 3 N–H and O–H groups in total. The Morgan fingerprint density at radius 1 is 1.33 bits per heavy atom. The van der Waals surface area contributed by atoms with Crippen molar-refractivity contribution in [3.8, 4) is 0 Å². The van der Waals surface area contributed by atoms with E-state index in [1.807, 2.05) is 0 Å². The third-order valence-corrected chi connectivity index (χ3v) is 4.45. The first kappa shape index (κ1) is 14.0. The van der Waals surface area contributed by atoms with Gasteiger partial charge >= 0.3 is 0 Å². The minimum Gasteiger partial charge on any atom is -0.390 e. The van der Waals surface area contributed by atoms with Gasteiger partial charge in [-0.3, -0.25) is 0 Å². The Hall–Kier alpha value is -0.380. The summed E-state index contributed by atoms with van der Waals surface area (Å²) in [5, 5.41) is 23.8. The van der Waals surface area contributed by atoms with Crippen LogP contribution in [0.1, 0.15) is 58.3 Å². The van der Waals surface area contributed by atoms with E-state index in [-0.39, 0.29) is 5.54 Å². The molecule has 1 fully saturated rings. The van der Waals surface area contributed by atoms with Crippen LogP contribution >= 0.6 is 0 Å². The van der Waals surface area contributed by atoms with E-state index >= 15 is 0 Å². The molecule has 4 atom stereocenters. The van der Waals surface area contributed by atoms with Crippen molar-refractivity contribution in [1.29, 1.82) is 0 Å². The predicted octanol–water partition coefficient (Wildman–Crippen LogP) is 2.13. The van der Waals surface area contributed by atoms with E-state index in [0.717, 1.165) is 25.7 Å². The molecular formula is C15H27NO2. The molecular weight excluding hydrogens is 226 g/mol. The summed E-state index contributed by atoms with van der Waals surface area (Å²) in [6.45, 7) is 2.22. The molecule has 3 nitrogen and oxygen atoms in total. The Kier molecular flexibility index (Phi) is 4.82. The highest BCUT2D eigenvalue weighted by Gasteiger charge is 2.44. The molecule has 0 aromatic heterocycles. The van der Waals surface area contributed by atoms with Crippen molar-refractivity contribution in [3.63, 3.8) is 0 Å². The molecule has 1 aliphatic carbocycles. The summed E-state index contributed by atoms with van der Waals surface area (Å²) < 4.78 is 0. The van der Waals surface area contributed by atoms with Crippen LogP contribution in [0.3, 0.4) is 0 Å². The fourth-order valence-electron chi connectivity index (χ4n) is 3.35. The van der Waals surface area contributed by atoms with Gasteiger partial charge in [0.2, 0.25) is 0 Å². The zero-order chi connectivity index (χ0) is 13.0. The molecule has 0 bridgehead atoms. The lowest BCUT2D eigenvalue weighted by atomic mass is 9.74. The molecule has 1 spiro atoms. The van der Waals surface area contributed by atoms with E-state index in [1.165, 1.54) is 25.7 Å². The van der Waals surface area contributed by atoms with Gasteiger partial charge < -0.3 is 15.5 Å². The molecule has 104 valence electrons. The molecule has 0 radical (unpaired) electrons. The molecule has 3 heteroatoms. The summed E-state index contributed by atoms with van der Waals surface area (Å²) in [7, 11) is 0. The summed E-state index contributed by atoms with van der Waals surface area (Å²) in [6, 6.07) is 0.460. The Labute approximate surface area is 110 Å². The molecule has 18 heavy (non-hydrogen) atoms. The number of unbranched alkanes of at least 4 members (excludes halogenated alkanes) is 2. The van der Waals surface area contributed by atoms with Gasteiger partial charge in [0.15, 0.2) is 0 Å².